The molecule has 3 rings (SSSR count). The van der Waals surface area contributed by atoms with Crippen molar-refractivity contribution in [2.45, 2.75) is 0 Å². The lowest BCUT2D eigenvalue weighted by Gasteiger charge is -2.13. The molecule has 0 unspecified atom stereocenters. The molecule has 0 saturated heterocycles. The fourth-order valence-corrected chi connectivity index (χ4v) is 2.56. The van der Waals surface area contributed by atoms with Gasteiger partial charge in [0.25, 0.3) is 5.91 Å². The summed E-state index contributed by atoms with van der Waals surface area (Å²) in [7, 11) is 1.54. The van der Waals surface area contributed by atoms with Crippen LogP contribution in [0.3, 0.4) is 0 Å². The van der Waals surface area contributed by atoms with Crippen LogP contribution >= 0.6 is 12.2 Å². The molecule has 0 aliphatic rings. The molecule has 0 aromatic heterocycles. The number of anilines is 1. The summed E-state index contributed by atoms with van der Waals surface area (Å²) in [6.45, 7) is 0. The minimum Gasteiger partial charge on any atom is -0.496 e. The van der Waals surface area contributed by atoms with E-state index in [1.165, 1.54) is 7.11 Å². The van der Waals surface area contributed by atoms with Gasteiger partial charge in [0.05, 0.1) is 18.4 Å². The Morgan fingerprint density at radius 3 is 2.28 bits per heavy atom. The Morgan fingerprint density at radius 1 is 0.960 bits per heavy atom. The van der Waals surface area contributed by atoms with Crippen LogP contribution < -0.4 is 20.9 Å². The molecule has 126 valence electrons. The van der Waals surface area contributed by atoms with Gasteiger partial charge in [0.15, 0.2) is 5.11 Å². The highest BCUT2D eigenvalue weighted by Crippen LogP contribution is 2.25. The average molecular weight is 351 g/mol. The predicted octanol–water partition coefficient (Wildman–Crippen LogP) is 3.48. The lowest BCUT2D eigenvalue weighted by molar-refractivity contribution is 0.0974. The molecule has 5 nitrogen and oxygen atoms in total. The molecule has 3 N–H and O–H groups in total. The topological polar surface area (TPSA) is 62.4 Å². The minimum absolute atomic E-state index is 0.170. The third-order valence-corrected chi connectivity index (χ3v) is 3.84. The monoisotopic (exact) mass is 351 g/mol. The first-order chi connectivity index (χ1) is 12.2. The van der Waals surface area contributed by atoms with Crippen LogP contribution in [0, 0.1) is 0 Å². The standard InChI is InChI=1S/C19H17N3O2S/c1-24-17-12-14-8-6-5-7-13(14)11-16(17)18(23)20-19(25)22-21-15-9-3-2-4-10-15/h2-12,21H,1H3,(H2,20,22,23,25). The molecular formula is C19H17N3O2S. The molecular weight excluding hydrogens is 334 g/mol. The van der Waals surface area contributed by atoms with Gasteiger partial charge >= 0.3 is 0 Å². The number of fused-ring (bicyclic) bond motifs is 1. The second-order valence-electron chi connectivity index (χ2n) is 5.30. The van der Waals surface area contributed by atoms with Crippen LogP contribution in [0.5, 0.6) is 5.75 Å². The maximum atomic E-state index is 12.5. The van der Waals surface area contributed by atoms with Gasteiger partial charge in [-0.15, -0.1) is 0 Å². The van der Waals surface area contributed by atoms with Gasteiger partial charge in [-0.05, 0) is 47.3 Å². The number of ether oxygens (including phenoxy) is 1. The highest BCUT2D eigenvalue weighted by atomic mass is 32.1. The molecule has 6 heteroatoms. The number of amides is 1. The lowest BCUT2D eigenvalue weighted by Crippen LogP contribution is -2.42. The molecule has 0 heterocycles. The van der Waals surface area contributed by atoms with E-state index < -0.39 is 0 Å². The van der Waals surface area contributed by atoms with Crippen molar-refractivity contribution in [3.63, 3.8) is 0 Å². The molecule has 3 aromatic rings. The summed E-state index contributed by atoms with van der Waals surface area (Å²) in [6, 6.07) is 20.9. The van der Waals surface area contributed by atoms with Gasteiger partial charge in [-0.2, -0.15) is 0 Å². The van der Waals surface area contributed by atoms with Crippen LogP contribution in [0.2, 0.25) is 0 Å². The van der Waals surface area contributed by atoms with Gasteiger partial charge < -0.3 is 4.74 Å². The number of benzene rings is 3. The number of rotatable bonds is 4. The number of hydrogen-bond acceptors (Lipinski definition) is 4. The maximum Gasteiger partial charge on any atom is 0.261 e. The zero-order valence-corrected chi connectivity index (χ0v) is 14.4. The van der Waals surface area contributed by atoms with Crippen molar-refractivity contribution >= 4 is 39.7 Å². The number of carbonyl (C=O) groups is 1. The number of methoxy groups -OCH3 is 1. The number of para-hydroxylation sites is 1. The van der Waals surface area contributed by atoms with E-state index in [0.717, 1.165) is 16.5 Å². The smallest absolute Gasteiger partial charge is 0.261 e. The van der Waals surface area contributed by atoms with Gasteiger partial charge in [0.1, 0.15) is 5.75 Å². The van der Waals surface area contributed by atoms with Crippen LogP contribution in [-0.2, 0) is 0 Å². The zero-order chi connectivity index (χ0) is 17.6. The van der Waals surface area contributed by atoms with Gasteiger partial charge in [-0.1, -0.05) is 42.5 Å². The molecule has 1 amide bonds. The van der Waals surface area contributed by atoms with Crippen molar-refractivity contribution in [1.29, 1.82) is 0 Å². The summed E-state index contributed by atoms with van der Waals surface area (Å²) >= 11 is 5.16. The normalized spacial score (nSPS) is 10.1. The first-order valence-corrected chi connectivity index (χ1v) is 8.07. The van der Waals surface area contributed by atoms with Crippen molar-refractivity contribution in [2.24, 2.45) is 0 Å². The largest absolute Gasteiger partial charge is 0.496 e. The third-order valence-electron chi connectivity index (χ3n) is 3.63. The second-order valence-corrected chi connectivity index (χ2v) is 5.71. The Kier molecular flexibility index (Phi) is 5.11. The van der Waals surface area contributed by atoms with Crippen molar-refractivity contribution in [3.8, 4) is 5.75 Å². The summed E-state index contributed by atoms with van der Waals surface area (Å²) in [5.41, 5.74) is 6.96. The van der Waals surface area contributed by atoms with Crippen LogP contribution in [0.15, 0.2) is 66.7 Å². The number of thiocarbonyl (C=S) groups is 1. The quantitative estimate of drug-likeness (QED) is 0.496. The minimum atomic E-state index is -0.338. The molecule has 0 radical (unpaired) electrons. The van der Waals surface area contributed by atoms with E-state index in [4.69, 9.17) is 17.0 Å². The van der Waals surface area contributed by atoms with Gasteiger partial charge in [0.2, 0.25) is 0 Å². The SMILES string of the molecule is COc1cc2ccccc2cc1C(=O)NC(=S)NNc1ccccc1. The van der Waals surface area contributed by atoms with Crippen LogP contribution in [0.1, 0.15) is 10.4 Å². The number of hydrazine groups is 1. The fraction of sp³-hybridized carbons (Fsp3) is 0.0526. The van der Waals surface area contributed by atoms with E-state index in [0.29, 0.717) is 11.3 Å². The summed E-state index contributed by atoms with van der Waals surface area (Å²) in [4.78, 5) is 12.5. The Bertz CT molecular complexity index is 913. The van der Waals surface area contributed by atoms with Crippen molar-refractivity contribution < 1.29 is 9.53 Å². The Labute approximate surface area is 151 Å². The zero-order valence-electron chi connectivity index (χ0n) is 13.6. The number of hydrogen-bond donors (Lipinski definition) is 3. The summed E-state index contributed by atoms with van der Waals surface area (Å²) in [5, 5.41) is 4.77. The molecule has 3 aromatic carbocycles. The van der Waals surface area contributed by atoms with E-state index in [9.17, 15) is 4.79 Å². The molecule has 0 aliphatic heterocycles. The maximum absolute atomic E-state index is 12.5. The van der Waals surface area contributed by atoms with E-state index in [1.54, 1.807) is 6.07 Å². The molecule has 0 fully saturated rings. The summed E-state index contributed by atoms with van der Waals surface area (Å²) in [6.07, 6.45) is 0. The summed E-state index contributed by atoms with van der Waals surface area (Å²) < 4.78 is 5.35. The second kappa shape index (κ2) is 7.63. The molecule has 0 aliphatic carbocycles. The van der Waals surface area contributed by atoms with Crippen LogP contribution in [0.25, 0.3) is 10.8 Å². The van der Waals surface area contributed by atoms with E-state index >= 15 is 0 Å². The van der Waals surface area contributed by atoms with Gasteiger partial charge in [-0.25, -0.2) is 0 Å². The Hall–Kier alpha value is -3.12. The summed E-state index contributed by atoms with van der Waals surface area (Å²) in [5.74, 6) is 0.157. The third kappa shape index (κ3) is 4.05. The molecule has 0 spiro atoms. The molecule has 25 heavy (non-hydrogen) atoms. The predicted molar refractivity (Wildman–Crippen MR) is 104 cm³/mol. The molecule has 0 bridgehead atoms. The van der Waals surface area contributed by atoms with E-state index in [2.05, 4.69) is 16.2 Å². The average Bonchev–Trinajstić information content (AvgIpc) is 2.66. The van der Waals surface area contributed by atoms with Crippen LogP contribution in [0.4, 0.5) is 5.69 Å². The van der Waals surface area contributed by atoms with Gasteiger partial charge in [-0.3, -0.25) is 21.0 Å². The van der Waals surface area contributed by atoms with Gasteiger partial charge in [0, 0.05) is 0 Å². The Morgan fingerprint density at radius 2 is 1.60 bits per heavy atom. The van der Waals surface area contributed by atoms with E-state index in [-0.39, 0.29) is 11.0 Å². The lowest BCUT2D eigenvalue weighted by atomic mass is 10.1. The molecule has 0 atom stereocenters. The number of carbonyl (C=O) groups excluding carboxylic acids is 1. The van der Waals surface area contributed by atoms with Crippen molar-refractivity contribution in [3.05, 3.63) is 72.3 Å². The van der Waals surface area contributed by atoms with Crippen molar-refractivity contribution in [2.75, 3.05) is 12.5 Å². The highest BCUT2D eigenvalue weighted by molar-refractivity contribution is 7.80. The fourth-order valence-electron chi connectivity index (χ4n) is 2.42. The number of nitrogens with one attached hydrogen (secondary N) is 3. The first-order valence-electron chi connectivity index (χ1n) is 7.66. The van der Waals surface area contributed by atoms with Crippen molar-refractivity contribution in [1.82, 2.24) is 10.7 Å². The first kappa shape index (κ1) is 16.7. The highest BCUT2D eigenvalue weighted by Gasteiger charge is 2.14. The molecule has 0 saturated carbocycles. The Balaban J connectivity index is 1.72. The van der Waals surface area contributed by atoms with Crippen LogP contribution in [-0.4, -0.2) is 18.1 Å². The van der Waals surface area contributed by atoms with E-state index in [1.807, 2.05) is 60.7 Å².